The van der Waals surface area contributed by atoms with Crippen molar-refractivity contribution in [2.24, 2.45) is 4.99 Å². The van der Waals surface area contributed by atoms with E-state index in [1.807, 2.05) is 34.6 Å². The van der Waals surface area contributed by atoms with Crippen LogP contribution in [-0.2, 0) is 4.74 Å². The Morgan fingerprint density at radius 1 is 1.22 bits per heavy atom. The van der Waals surface area contributed by atoms with E-state index in [0.29, 0.717) is 6.54 Å². The minimum Gasteiger partial charge on any atom is -0.444 e. The number of amides is 1. The fraction of sp³-hybridized carbons (Fsp3) is 0.875. The van der Waals surface area contributed by atoms with Crippen LogP contribution in [0.4, 0.5) is 4.79 Å². The third-order valence-electron chi connectivity index (χ3n) is 2.89. The van der Waals surface area contributed by atoms with Crippen LogP contribution in [0.2, 0.25) is 0 Å². The van der Waals surface area contributed by atoms with Crippen molar-refractivity contribution < 1.29 is 9.53 Å². The van der Waals surface area contributed by atoms with Gasteiger partial charge in [0.2, 0.25) is 0 Å². The van der Waals surface area contributed by atoms with Gasteiger partial charge in [-0.1, -0.05) is 6.92 Å². The molecule has 0 aliphatic rings. The van der Waals surface area contributed by atoms with E-state index in [2.05, 4.69) is 22.5 Å². The Morgan fingerprint density at radius 2 is 1.78 bits per heavy atom. The van der Waals surface area contributed by atoms with Crippen LogP contribution in [0.25, 0.3) is 0 Å². The Balaban J connectivity index is 0. The number of nitrogens with zero attached hydrogens (tertiary/aromatic N) is 2. The first-order valence-corrected chi connectivity index (χ1v) is 8.15. The predicted octanol–water partition coefficient (Wildman–Crippen LogP) is 3.22. The third kappa shape index (κ3) is 12.4. The summed E-state index contributed by atoms with van der Waals surface area (Å²) < 4.78 is 5.44. The summed E-state index contributed by atoms with van der Waals surface area (Å²) in [5, 5.41) is 6.46. The van der Waals surface area contributed by atoms with Gasteiger partial charge in [-0.15, -0.1) is 24.0 Å². The Labute approximate surface area is 158 Å². The molecule has 0 saturated carbocycles. The fourth-order valence-corrected chi connectivity index (χ4v) is 1.80. The van der Waals surface area contributed by atoms with Gasteiger partial charge in [0.15, 0.2) is 5.96 Å². The van der Waals surface area contributed by atoms with E-state index in [0.717, 1.165) is 31.9 Å². The molecule has 0 fully saturated rings. The molecule has 1 amide bonds. The zero-order valence-electron chi connectivity index (χ0n) is 15.7. The lowest BCUT2D eigenvalue weighted by atomic mass is 10.2. The molecule has 0 rings (SSSR count). The molecular weight excluding hydrogens is 407 g/mol. The normalized spacial score (nSPS) is 11.7. The Morgan fingerprint density at radius 3 is 2.22 bits per heavy atom. The molecule has 0 radical (unpaired) electrons. The van der Waals surface area contributed by atoms with Crippen molar-refractivity contribution in [3.05, 3.63) is 0 Å². The molecule has 0 aliphatic heterocycles. The van der Waals surface area contributed by atoms with Gasteiger partial charge in [0.1, 0.15) is 5.60 Å². The number of guanidine groups is 1. The van der Waals surface area contributed by atoms with Gasteiger partial charge in [-0.2, -0.15) is 0 Å². The summed E-state index contributed by atoms with van der Waals surface area (Å²) in [6, 6.07) is 0.118. The van der Waals surface area contributed by atoms with E-state index in [1.165, 1.54) is 0 Å². The number of nitrogens with one attached hydrogen (secondary N) is 2. The van der Waals surface area contributed by atoms with Crippen molar-refractivity contribution >= 4 is 36.0 Å². The maximum Gasteiger partial charge on any atom is 0.410 e. The van der Waals surface area contributed by atoms with Gasteiger partial charge in [-0.05, 0) is 47.5 Å². The van der Waals surface area contributed by atoms with Crippen LogP contribution in [0.1, 0.15) is 54.4 Å². The summed E-state index contributed by atoms with van der Waals surface area (Å²) >= 11 is 0. The van der Waals surface area contributed by atoms with Gasteiger partial charge in [-0.3, -0.25) is 4.99 Å². The molecule has 0 aromatic carbocycles. The number of carbonyl (C=O) groups is 1. The van der Waals surface area contributed by atoms with E-state index in [4.69, 9.17) is 4.74 Å². The van der Waals surface area contributed by atoms with Crippen molar-refractivity contribution in [1.82, 2.24) is 15.5 Å². The van der Waals surface area contributed by atoms with Crippen molar-refractivity contribution in [2.75, 3.05) is 26.7 Å². The highest BCUT2D eigenvalue weighted by molar-refractivity contribution is 14.0. The van der Waals surface area contributed by atoms with Crippen molar-refractivity contribution in [3.63, 3.8) is 0 Å². The second-order valence-electron chi connectivity index (χ2n) is 6.55. The molecule has 7 heteroatoms. The first kappa shape index (κ1) is 24.5. The van der Waals surface area contributed by atoms with Gasteiger partial charge in [0.05, 0.1) is 0 Å². The highest BCUT2D eigenvalue weighted by Gasteiger charge is 2.23. The molecule has 6 nitrogen and oxygen atoms in total. The number of carbonyl (C=O) groups excluding carboxylic acids is 1. The van der Waals surface area contributed by atoms with Crippen molar-refractivity contribution in [1.29, 1.82) is 0 Å². The standard InChI is InChI=1S/C16H34N4O2.HI/c1-8-10-18-14(17-7)19-11-9-12-20(13(2)3)15(21)22-16(4,5)6;/h13H,8-12H2,1-7H3,(H2,17,18,19);1H. The third-order valence-corrected chi connectivity index (χ3v) is 2.89. The molecule has 0 heterocycles. The van der Waals surface area contributed by atoms with Crippen molar-refractivity contribution in [3.8, 4) is 0 Å². The molecular formula is C16H35IN4O2. The van der Waals surface area contributed by atoms with Gasteiger partial charge >= 0.3 is 6.09 Å². The number of rotatable bonds is 7. The highest BCUT2D eigenvalue weighted by atomic mass is 127. The first-order valence-electron chi connectivity index (χ1n) is 8.15. The molecule has 0 aromatic rings. The van der Waals surface area contributed by atoms with Gasteiger partial charge in [0, 0.05) is 32.7 Å². The Kier molecular flexibility index (Phi) is 13.5. The second-order valence-corrected chi connectivity index (χ2v) is 6.55. The summed E-state index contributed by atoms with van der Waals surface area (Å²) in [4.78, 5) is 18.1. The monoisotopic (exact) mass is 442 g/mol. The van der Waals surface area contributed by atoms with E-state index in [1.54, 1.807) is 11.9 Å². The largest absolute Gasteiger partial charge is 0.444 e. The number of hydrogen-bond donors (Lipinski definition) is 2. The molecule has 0 saturated heterocycles. The van der Waals surface area contributed by atoms with E-state index in [9.17, 15) is 4.79 Å². The Bertz CT molecular complexity index is 354. The maximum atomic E-state index is 12.2. The minimum atomic E-state index is -0.464. The molecule has 23 heavy (non-hydrogen) atoms. The average molecular weight is 442 g/mol. The topological polar surface area (TPSA) is 66.0 Å². The molecule has 0 aliphatic carbocycles. The average Bonchev–Trinajstić information content (AvgIpc) is 2.39. The van der Waals surface area contributed by atoms with Gasteiger partial charge in [-0.25, -0.2) is 4.79 Å². The number of halogens is 1. The van der Waals surface area contributed by atoms with E-state index < -0.39 is 5.60 Å². The molecule has 0 unspecified atom stereocenters. The highest BCUT2D eigenvalue weighted by Crippen LogP contribution is 2.12. The summed E-state index contributed by atoms with van der Waals surface area (Å²) in [6.45, 7) is 14.1. The molecule has 0 bridgehead atoms. The smallest absolute Gasteiger partial charge is 0.410 e. The summed E-state index contributed by atoms with van der Waals surface area (Å²) in [6.07, 6.45) is 1.64. The van der Waals surface area contributed by atoms with Gasteiger partial charge < -0.3 is 20.3 Å². The zero-order valence-corrected chi connectivity index (χ0v) is 18.1. The number of aliphatic imine (C=N–C) groups is 1. The Hall–Kier alpha value is -0.730. The van der Waals surface area contributed by atoms with Gasteiger partial charge in [0.25, 0.3) is 0 Å². The fourth-order valence-electron chi connectivity index (χ4n) is 1.80. The molecule has 0 atom stereocenters. The summed E-state index contributed by atoms with van der Waals surface area (Å²) in [5.41, 5.74) is -0.464. The van der Waals surface area contributed by atoms with Crippen LogP contribution < -0.4 is 10.6 Å². The second kappa shape index (κ2) is 12.7. The lowest BCUT2D eigenvalue weighted by Crippen LogP contribution is -2.43. The van der Waals surface area contributed by atoms with Crippen LogP contribution in [0.5, 0.6) is 0 Å². The molecule has 0 spiro atoms. The SMILES string of the molecule is CCCNC(=NC)NCCCN(C(=O)OC(C)(C)C)C(C)C.I. The summed E-state index contributed by atoms with van der Waals surface area (Å²) in [7, 11) is 1.76. The summed E-state index contributed by atoms with van der Waals surface area (Å²) in [5.74, 6) is 0.801. The van der Waals surface area contributed by atoms with E-state index in [-0.39, 0.29) is 36.1 Å². The first-order chi connectivity index (χ1) is 10.2. The minimum absolute atomic E-state index is 0. The van der Waals surface area contributed by atoms with Crippen LogP contribution in [0, 0.1) is 0 Å². The number of ether oxygens (including phenoxy) is 1. The quantitative estimate of drug-likeness (QED) is 0.275. The van der Waals surface area contributed by atoms with Crippen LogP contribution >= 0.6 is 24.0 Å². The molecule has 138 valence electrons. The number of hydrogen-bond acceptors (Lipinski definition) is 3. The zero-order chi connectivity index (χ0) is 17.2. The lowest BCUT2D eigenvalue weighted by molar-refractivity contribution is 0.0190. The van der Waals surface area contributed by atoms with Crippen LogP contribution in [0.15, 0.2) is 4.99 Å². The van der Waals surface area contributed by atoms with Crippen LogP contribution in [0.3, 0.4) is 0 Å². The predicted molar refractivity (Wildman–Crippen MR) is 108 cm³/mol. The molecule has 0 aromatic heterocycles. The lowest BCUT2D eigenvalue weighted by Gasteiger charge is -2.30. The maximum absolute atomic E-state index is 12.2. The molecule has 2 N–H and O–H groups in total. The van der Waals surface area contributed by atoms with Crippen molar-refractivity contribution in [2.45, 2.75) is 66.0 Å². The van der Waals surface area contributed by atoms with Crippen LogP contribution in [-0.4, -0.2) is 55.3 Å². The van der Waals surface area contributed by atoms with E-state index >= 15 is 0 Å².